The summed E-state index contributed by atoms with van der Waals surface area (Å²) in [5.74, 6) is -0.449. The number of benzene rings is 2. The van der Waals surface area contributed by atoms with Crippen molar-refractivity contribution in [2.45, 2.75) is 25.6 Å². The molecule has 2 aromatic heterocycles. The lowest BCUT2D eigenvalue weighted by molar-refractivity contribution is -0.137. The van der Waals surface area contributed by atoms with Gasteiger partial charge in [-0.3, -0.25) is 9.59 Å². The molecule has 196 valence electrons. The van der Waals surface area contributed by atoms with Crippen LogP contribution in [0.3, 0.4) is 0 Å². The number of nitrogens with one attached hydrogen (secondary N) is 2. The van der Waals surface area contributed by atoms with Crippen LogP contribution < -0.4 is 10.1 Å². The first-order valence-corrected chi connectivity index (χ1v) is 12.5. The molecule has 3 heterocycles. The summed E-state index contributed by atoms with van der Waals surface area (Å²) in [5.41, 5.74) is 2.76. The molecule has 1 aliphatic heterocycles. The molecule has 0 bridgehead atoms. The molecule has 0 fully saturated rings. The molecule has 2 amide bonds. The number of hydrogen-bond donors (Lipinski definition) is 2. The van der Waals surface area contributed by atoms with Crippen molar-refractivity contribution in [3.63, 3.8) is 0 Å². The van der Waals surface area contributed by atoms with Crippen LogP contribution in [0.5, 0.6) is 5.75 Å². The van der Waals surface area contributed by atoms with Crippen LogP contribution in [0.4, 0.5) is 18.9 Å². The van der Waals surface area contributed by atoms with E-state index in [4.69, 9.17) is 4.74 Å². The van der Waals surface area contributed by atoms with Crippen molar-refractivity contribution in [3.05, 3.63) is 87.1 Å². The summed E-state index contributed by atoms with van der Waals surface area (Å²) in [6.45, 7) is 0.893. The van der Waals surface area contributed by atoms with Gasteiger partial charge in [-0.2, -0.15) is 13.2 Å². The summed E-state index contributed by atoms with van der Waals surface area (Å²) >= 11 is 3.41. The predicted octanol–water partition coefficient (Wildman–Crippen LogP) is 5.73. The number of ether oxygens (including phenoxy) is 1. The molecule has 7 nitrogen and oxygen atoms in total. The van der Waals surface area contributed by atoms with E-state index in [1.165, 1.54) is 13.2 Å². The average Bonchev–Trinajstić information content (AvgIpc) is 3.28. The standard InChI is InChI=1S/C27H22BrF3N4O3/c1-38-23-5-4-19(27(29,30)31)10-22(23)34-26(37)16-2-3-17-14-35(7-6-15(17)8-16)24(36)9-18-12-32-25-21(18)11-20(28)13-33-25/h2-5,8,10-13H,6-7,9,14H2,1H3,(H,32,33)(H,34,37). The third-order valence-electron chi connectivity index (χ3n) is 6.53. The molecule has 0 atom stereocenters. The number of rotatable bonds is 5. The summed E-state index contributed by atoms with van der Waals surface area (Å²) < 4.78 is 45.4. The van der Waals surface area contributed by atoms with Gasteiger partial charge in [-0.05, 0) is 75.4 Å². The van der Waals surface area contributed by atoms with E-state index in [0.29, 0.717) is 30.7 Å². The molecule has 0 unspecified atom stereocenters. The largest absolute Gasteiger partial charge is 0.495 e. The van der Waals surface area contributed by atoms with Crippen LogP contribution in [0, 0.1) is 0 Å². The van der Waals surface area contributed by atoms with Crippen LogP contribution in [0.15, 0.2) is 59.3 Å². The molecule has 0 saturated heterocycles. The maximum atomic E-state index is 13.1. The van der Waals surface area contributed by atoms with Crippen LogP contribution in [-0.4, -0.2) is 40.3 Å². The number of anilines is 1. The second-order valence-electron chi connectivity index (χ2n) is 8.96. The molecule has 38 heavy (non-hydrogen) atoms. The number of halogens is 4. The van der Waals surface area contributed by atoms with E-state index in [0.717, 1.165) is 38.7 Å². The maximum absolute atomic E-state index is 13.1. The van der Waals surface area contributed by atoms with Crippen LogP contribution in [-0.2, 0) is 30.4 Å². The lowest BCUT2D eigenvalue weighted by Gasteiger charge is -2.29. The monoisotopic (exact) mass is 586 g/mol. The third kappa shape index (κ3) is 5.24. The highest BCUT2D eigenvalue weighted by Crippen LogP contribution is 2.35. The van der Waals surface area contributed by atoms with Gasteiger partial charge in [-0.15, -0.1) is 0 Å². The Bertz CT molecular complexity index is 1550. The van der Waals surface area contributed by atoms with Gasteiger partial charge in [0, 0.05) is 40.9 Å². The predicted molar refractivity (Wildman–Crippen MR) is 139 cm³/mol. The number of amides is 2. The second-order valence-corrected chi connectivity index (χ2v) is 9.87. The highest BCUT2D eigenvalue weighted by Gasteiger charge is 2.31. The Balaban J connectivity index is 1.29. The van der Waals surface area contributed by atoms with E-state index in [9.17, 15) is 22.8 Å². The van der Waals surface area contributed by atoms with Crippen molar-refractivity contribution < 1.29 is 27.5 Å². The van der Waals surface area contributed by atoms with Gasteiger partial charge in [0.15, 0.2) is 0 Å². The molecular weight excluding hydrogens is 565 g/mol. The number of H-pyrrole nitrogens is 1. The molecule has 2 N–H and O–H groups in total. The molecule has 2 aromatic carbocycles. The first-order valence-electron chi connectivity index (χ1n) is 11.7. The number of aromatic nitrogens is 2. The molecule has 11 heteroatoms. The molecule has 0 radical (unpaired) electrons. The Morgan fingerprint density at radius 2 is 1.97 bits per heavy atom. The molecule has 0 saturated carbocycles. The van der Waals surface area contributed by atoms with Crippen molar-refractivity contribution in [1.82, 2.24) is 14.9 Å². The molecule has 4 aromatic rings. The van der Waals surface area contributed by atoms with Gasteiger partial charge in [-0.1, -0.05) is 6.07 Å². The zero-order chi connectivity index (χ0) is 27.0. The Labute approximate surface area is 224 Å². The minimum absolute atomic E-state index is 0.0185. The van der Waals surface area contributed by atoms with E-state index < -0.39 is 17.6 Å². The number of alkyl halides is 3. The lowest BCUT2D eigenvalue weighted by atomic mass is 9.96. The van der Waals surface area contributed by atoms with E-state index in [-0.39, 0.29) is 23.8 Å². The topological polar surface area (TPSA) is 87.3 Å². The van der Waals surface area contributed by atoms with Crippen molar-refractivity contribution in [2.24, 2.45) is 0 Å². The number of pyridine rings is 1. The number of hydrogen-bond acceptors (Lipinski definition) is 4. The van der Waals surface area contributed by atoms with E-state index in [2.05, 4.69) is 31.2 Å². The summed E-state index contributed by atoms with van der Waals surface area (Å²) in [5, 5.41) is 3.41. The fourth-order valence-corrected chi connectivity index (χ4v) is 4.87. The fraction of sp³-hybridized carbons (Fsp3) is 0.222. The second kappa shape index (κ2) is 10.1. The summed E-state index contributed by atoms with van der Waals surface area (Å²) in [6, 6.07) is 9.94. The van der Waals surface area contributed by atoms with Crippen LogP contribution in [0.1, 0.15) is 32.6 Å². The minimum atomic E-state index is -4.55. The molecule has 1 aliphatic rings. The fourth-order valence-electron chi connectivity index (χ4n) is 4.54. The molecule has 0 aliphatic carbocycles. The number of methoxy groups -OCH3 is 1. The number of fused-ring (bicyclic) bond motifs is 2. The van der Waals surface area contributed by atoms with Crippen molar-refractivity contribution in [1.29, 1.82) is 0 Å². The quantitative estimate of drug-likeness (QED) is 0.312. The molecule has 5 rings (SSSR count). The Morgan fingerprint density at radius 1 is 1.16 bits per heavy atom. The van der Waals surface area contributed by atoms with Gasteiger partial charge >= 0.3 is 6.18 Å². The first-order chi connectivity index (χ1) is 18.1. The van der Waals surface area contributed by atoms with Gasteiger partial charge in [0.05, 0.1) is 24.8 Å². The third-order valence-corrected chi connectivity index (χ3v) is 6.97. The molecule has 0 spiro atoms. The van der Waals surface area contributed by atoms with Crippen LogP contribution in [0.2, 0.25) is 0 Å². The Morgan fingerprint density at radius 3 is 2.74 bits per heavy atom. The van der Waals surface area contributed by atoms with Gasteiger partial charge in [0.1, 0.15) is 11.4 Å². The molecular formula is C27H22BrF3N4O3. The Hall–Kier alpha value is -3.86. The number of nitrogens with zero attached hydrogens (tertiary/aromatic N) is 2. The van der Waals surface area contributed by atoms with Gasteiger partial charge in [-0.25, -0.2) is 4.98 Å². The van der Waals surface area contributed by atoms with E-state index >= 15 is 0 Å². The highest BCUT2D eigenvalue weighted by atomic mass is 79.9. The van der Waals surface area contributed by atoms with Crippen molar-refractivity contribution in [2.75, 3.05) is 19.0 Å². The van der Waals surface area contributed by atoms with Gasteiger partial charge in [0.2, 0.25) is 5.91 Å². The van der Waals surface area contributed by atoms with Crippen LogP contribution >= 0.6 is 15.9 Å². The maximum Gasteiger partial charge on any atom is 0.416 e. The van der Waals surface area contributed by atoms with E-state index in [1.54, 1.807) is 35.5 Å². The van der Waals surface area contributed by atoms with Crippen LogP contribution in [0.25, 0.3) is 11.0 Å². The van der Waals surface area contributed by atoms with Crippen molar-refractivity contribution in [3.8, 4) is 5.75 Å². The number of aromatic amines is 1. The Kier molecular flexibility index (Phi) is 6.87. The number of carbonyl (C=O) groups is 2. The lowest BCUT2D eigenvalue weighted by Crippen LogP contribution is -2.37. The number of carbonyl (C=O) groups excluding carboxylic acids is 2. The van der Waals surface area contributed by atoms with E-state index in [1.807, 2.05) is 6.07 Å². The van der Waals surface area contributed by atoms with Gasteiger partial charge in [0.25, 0.3) is 5.91 Å². The minimum Gasteiger partial charge on any atom is -0.495 e. The highest BCUT2D eigenvalue weighted by molar-refractivity contribution is 9.10. The van der Waals surface area contributed by atoms with Gasteiger partial charge < -0.3 is 19.9 Å². The SMILES string of the molecule is COc1ccc(C(F)(F)F)cc1NC(=O)c1ccc2c(c1)CCN(C(=O)Cc1c[nH]c3ncc(Br)cc13)C2. The zero-order valence-corrected chi connectivity index (χ0v) is 21.7. The van der Waals surface area contributed by atoms with Crippen molar-refractivity contribution >= 4 is 44.5 Å². The smallest absolute Gasteiger partial charge is 0.416 e. The normalized spacial score (nSPS) is 13.3. The average molecular weight is 587 g/mol. The summed E-state index contributed by atoms with van der Waals surface area (Å²) in [7, 11) is 1.32. The summed E-state index contributed by atoms with van der Waals surface area (Å²) in [6.07, 6.45) is -0.285. The summed E-state index contributed by atoms with van der Waals surface area (Å²) in [4.78, 5) is 35.1. The first kappa shape index (κ1) is 25.8. The zero-order valence-electron chi connectivity index (χ0n) is 20.2.